The predicted molar refractivity (Wildman–Crippen MR) is 64.3 cm³/mol. The van der Waals surface area contributed by atoms with Crippen molar-refractivity contribution in [3.63, 3.8) is 0 Å². The van der Waals surface area contributed by atoms with E-state index < -0.39 is 0 Å². The molecule has 0 atom stereocenters. The molecule has 1 heterocycles. The predicted octanol–water partition coefficient (Wildman–Crippen LogP) is 2.73. The molecule has 1 aliphatic carbocycles. The second-order valence-corrected chi connectivity index (χ2v) is 5.31. The molecule has 0 unspecified atom stereocenters. The van der Waals surface area contributed by atoms with Crippen molar-refractivity contribution in [2.75, 3.05) is 6.54 Å². The van der Waals surface area contributed by atoms with Gasteiger partial charge in [-0.15, -0.1) is 11.3 Å². The van der Waals surface area contributed by atoms with Gasteiger partial charge in [0.05, 0.1) is 15.2 Å². The minimum absolute atomic E-state index is 0.208. The Morgan fingerprint density at radius 3 is 3.12 bits per heavy atom. The summed E-state index contributed by atoms with van der Waals surface area (Å²) in [7, 11) is 0. The Bertz CT molecular complexity index is 505. The number of nitrogens with zero attached hydrogens (tertiary/aromatic N) is 1. The summed E-state index contributed by atoms with van der Waals surface area (Å²) < 4.78 is 14.0. The number of halogens is 1. The fourth-order valence-electron chi connectivity index (χ4n) is 1.73. The molecule has 0 spiro atoms. The van der Waals surface area contributed by atoms with Crippen LogP contribution < -0.4 is 5.32 Å². The summed E-state index contributed by atoms with van der Waals surface area (Å²) in [5.41, 5.74) is 0.784. The van der Waals surface area contributed by atoms with Crippen LogP contribution in [0.15, 0.2) is 18.2 Å². The molecule has 1 aromatic heterocycles. The first-order valence-electron chi connectivity index (χ1n) is 5.59. The summed E-state index contributed by atoms with van der Waals surface area (Å²) in [4.78, 5) is 4.43. The number of benzene rings is 1. The minimum Gasteiger partial charge on any atom is -0.314 e. The quantitative estimate of drug-likeness (QED) is 0.883. The van der Waals surface area contributed by atoms with Crippen LogP contribution in [-0.2, 0) is 6.42 Å². The lowest BCUT2D eigenvalue weighted by molar-refractivity contribution is 0.629. The van der Waals surface area contributed by atoms with Gasteiger partial charge in [-0.3, -0.25) is 0 Å². The summed E-state index contributed by atoms with van der Waals surface area (Å²) in [6.45, 7) is 0.979. The molecule has 1 N–H and O–H groups in total. The number of aromatic nitrogens is 1. The molecule has 84 valence electrons. The van der Waals surface area contributed by atoms with Crippen LogP contribution in [0.4, 0.5) is 4.39 Å². The molecule has 3 rings (SSSR count). The van der Waals surface area contributed by atoms with Crippen LogP contribution in [0.1, 0.15) is 17.8 Å². The molecule has 1 fully saturated rings. The van der Waals surface area contributed by atoms with Gasteiger partial charge in [-0.05, 0) is 25.0 Å². The van der Waals surface area contributed by atoms with Crippen LogP contribution in [0.5, 0.6) is 0 Å². The second kappa shape index (κ2) is 4.11. The third kappa shape index (κ3) is 2.23. The van der Waals surface area contributed by atoms with Gasteiger partial charge in [-0.1, -0.05) is 0 Å². The van der Waals surface area contributed by atoms with Crippen molar-refractivity contribution in [3.05, 3.63) is 29.0 Å². The summed E-state index contributed by atoms with van der Waals surface area (Å²) in [6, 6.07) is 5.54. The third-order valence-corrected chi connectivity index (χ3v) is 3.84. The largest absolute Gasteiger partial charge is 0.314 e. The van der Waals surface area contributed by atoms with Gasteiger partial charge in [0.2, 0.25) is 0 Å². The Morgan fingerprint density at radius 2 is 2.31 bits per heavy atom. The summed E-state index contributed by atoms with van der Waals surface area (Å²) in [6.07, 6.45) is 3.56. The van der Waals surface area contributed by atoms with E-state index in [9.17, 15) is 4.39 Å². The lowest BCUT2D eigenvalue weighted by atomic mass is 10.3. The molecular weight excluding hydrogens is 223 g/mol. The van der Waals surface area contributed by atoms with E-state index in [4.69, 9.17) is 0 Å². The maximum Gasteiger partial charge on any atom is 0.125 e. The number of hydrogen-bond donors (Lipinski definition) is 1. The van der Waals surface area contributed by atoms with E-state index >= 15 is 0 Å². The van der Waals surface area contributed by atoms with Crippen LogP contribution in [-0.4, -0.2) is 17.6 Å². The van der Waals surface area contributed by atoms with Gasteiger partial charge in [-0.2, -0.15) is 0 Å². The summed E-state index contributed by atoms with van der Waals surface area (Å²) in [5.74, 6) is -0.208. The zero-order chi connectivity index (χ0) is 11.0. The van der Waals surface area contributed by atoms with Crippen LogP contribution in [0.2, 0.25) is 0 Å². The molecule has 16 heavy (non-hydrogen) atoms. The molecular formula is C12H13FN2S. The average molecular weight is 236 g/mol. The molecule has 2 aromatic rings. The van der Waals surface area contributed by atoms with Crippen molar-refractivity contribution >= 4 is 21.6 Å². The van der Waals surface area contributed by atoms with Gasteiger partial charge < -0.3 is 5.32 Å². The number of nitrogens with one attached hydrogen (secondary N) is 1. The van der Waals surface area contributed by atoms with E-state index in [2.05, 4.69) is 10.3 Å². The lowest BCUT2D eigenvalue weighted by Crippen LogP contribution is -2.19. The standard InChI is InChI=1S/C12H13FN2S/c13-8-1-4-11-10(7-8)15-12(16-11)5-6-14-9-2-3-9/h1,4,7,9,14H,2-3,5-6H2. The Morgan fingerprint density at radius 1 is 1.44 bits per heavy atom. The van der Waals surface area contributed by atoms with Gasteiger partial charge in [-0.25, -0.2) is 9.37 Å². The minimum atomic E-state index is -0.208. The fourth-order valence-corrected chi connectivity index (χ4v) is 2.67. The molecule has 0 amide bonds. The normalized spacial score (nSPS) is 15.8. The molecule has 2 nitrogen and oxygen atoms in total. The van der Waals surface area contributed by atoms with E-state index in [1.54, 1.807) is 17.4 Å². The molecule has 4 heteroatoms. The van der Waals surface area contributed by atoms with E-state index in [1.165, 1.54) is 25.0 Å². The molecule has 0 bridgehead atoms. The summed E-state index contributed by atoms with van der Waals surface area (Å²) in [5, 5.41) is 4.54. The molecule has 1 aromatic carbocycles. The van der Waals surface area contributed by atoms with Gasteiger partial charge >= 0.3 is 0 Å². The highest BCUT2D eigenvalue weighted by Crippen LogP contribution is 2.23. The smallest absolute Gasteiger partial charge is 0.125 e. The zero-order valence-corrected chi connectivity index (χ0v) is 9.69. The maximum absolute atomic E-state index is 13.0. The Hall–Kier alpha value is -1.00. The third-order valence-electron chi connectivity index (χ3n) is 2.74. The fraction of sp³-hybridized carbons (Fsp3) is 0.417. The van der Waals surface area contributed by atoms with Crippen LogP contribution in [0.25, 0.3) is 10.2 Å². The molecule has 0 radical (unpaired) electrons. The molecule has 1 aliphatic rings. The molecule has 0 aliphatic heterocycles. The van der Waals surface area contributed by atoms with Gasteiger partial charge in [0.15, 0.2) is 0 Å². The van der Waals surface area contributed by atoms with Crippen LogP contribution >= 0.6 is 11.3 Å². The first kappa shape index (κ1) is 10.2. The van der Waals surface area contributed by atoms with Crippen molar-refractivity contribution in [2.45, 2.75) is 25.3 Å². The topological polar surface area (TPSA) is 24.9 Å². The van der Waals surface area contributed by atoms with Crippen molar-refractivity contribution in [1.82, 2.24) is 10.3 Å². The lowest BCUT2D eigenvalue weighted by Gasteiger charge is -1.98. The number of thiazole rings is 1. The maximum atomic E-state index is 13.0. The first-order chi connectivity index (χ1) is 7.81. The van der Waals surface area contributed by atoms with Crippen molar-refractivity contribution in [3.8, 4) is 0 Å². The van der Waals surface area contributed by atoms with Crippen LogP contribution in [0, 0.1) is 5.82 Å². The van der Waals surface area contributed by atoms with Crippen molar-refractivity contribution in [1.29, 1.82) is 0 Å². The highest BCUT2D eigenvalue weighted by molar-refractivity contribution is 7.18. The van der Waals surface area contributed by atoms with Gasteiger partial charge in [0.1, 0.15) is 5.82 Å². The molecule has 0 saturated heterocycles. The first-order valence-corrected chi connectivity index (χ1v) is 6.41. The summed E-state index contributed by atoms with van der Waals surface area (Å²) >= 11 is 1.66. The number of fused-ring (bicyclic) bond motifs is 1. The van der Waals surface area contributed by atoms with Gasteiger partial charge in [0, 0.05) is 25.1 Å². The van der Waals surface area contributed by atoms with E-state index in [0.29, 0.717) is 0 Å². The molecule has 1 saturated carbocycles. The Labute approximate surface area is 97.5 Å². The second-order valence-electron chi connectivity index (χ2n) is 4.20. The highest BCUT2D eigenvalue weighted by Gasteiger charge is 2.19. The van der Waals surface area contributed by atoms with Gasteiger partial charge in [0.25, 0.3) is 0 Å². The number of rotatable bonds is 4. The van der Waals surface area contributed by atoms with Crippen LogP contribution in [0.3, 0.4) is 0 Å². The SMILES string of the molecule is Fc1ccc2sc(CCNC3CC3)nc2c1. The van der Waals surface area contributed by atoms with E-state index in [-0.39, 0.29) is 5.82 Å². The Kier molecular flexibility index (Phi) is 2.61. The van der Waals surface area contributed by atoms with Crippen molar-refractivity contribution in [2.24, 2.45) is 0 Å². The number of hydrogen-bond acceptors (Lipinski definition) is 3. The van der Waals surface area contributed by atoms with Crippen molar-refractivity contribution < 1.29 is 4.39 Å². The van der Waals surface area contributed by atoms with E-state index in [1.807, 2.05) is 0 Å². The zero-order valence-electron chi connectivity index (χ0n) is 8.87. The monoisotopic (exact) mass is 236 g/mol. The highest BCUT2D eigenvalue weighted by atomic mass is 32.1. The van der Waals surface area contributed by atoms with E-state index in [0.717, 1.165) is 34.2 Å². The Balaban J connectivity index is 1.71. The average Bonchev–Trinajstić information content (AvgIpc) is 2.98.